The average molecular weight is 207 g/mol. The third kappa shape index (κ3) is 1.57. The van der Waals surface area contributed by atoms with Crippen LogP contribution in [0.4, 0.5) is 0 Å². The Kier molecular flexibility index (Phi) is 2.36. The summed E-state index contributed by atoms with van der Waals surface area (Å²) in [4.78, 5) is 11.4. The average Bonchev–Trinajstić information content (AvgIpc) is 2.51. The summed E-state index contributed by atoms with van der Waals surface area (Å²) in [6.45, 7) is 4.15. The topological polar surface area (TPSA) is 55.4 Å². The number of rotatable bonds is 2. The number of hydrogen-bond acceptors (Lipinski definition) is 3. The van der Waals surface area contributed by atoms with Crippen LogP contribution in [0.2, 0.25) is 0 Å². The first-order chi connectivity index (χ1) is 7.13. The number of aryl methyl sites for hydroxylation is 1. The van der Waals surface area contributed by atoms with Crippen LogP contribution in [0.5, 0.6) is 0 Å². The number of benzene rings is 1. The van der Waals surface area contributed by atoms with Gasteiger partial charge < -0.3 is 9.52 Å². The third-order valence-corrected chi connectivity index (χ3v) is 2.49. The molecule has 0 saturated heterocycles. The predicted octanol–water partition coefficient (Wildman–Crippen LogP) is 1.67. The zero-order valence-electron chi connectivity index (χ0n) is 8.73. The maximum atomic E-state index is 11.4. The second-order valence-corrected chi connectivity index (χ2v) is 3.52. The highest BCUT2D eigenvalue weighted by molar-refractivity contribution is 5.73. The van der Waals surface area contributed by atoms with Gasteiger partial charge in [0, 0.05) is 6.54 Å². The van der Waals surface area contributed by atoms with Crippen LogP contribution < -0.4 is 5.76 Å². The Morgan fingerprint density at radius 3 is 2.87 bits per heavy atom. The van der Waals surface area contributed by atoms with Gasteiger partial charge in [-0.05, 0) is 31.5 Å². The number of nitrogens with zero attached hydrogens (tertiary/aromatic N) is 1. The molecule has 0 spiro atoms. The molecule has 2 rings (SSSR count). The zero-order chi connectivity index (χ0) is 11.0. The second-order valence-electron chi connectivity index (χ2n) is 3.52. The van der Waals surface area contributed by atoms with Crippen molar-refractivity contribution in [3.63, 3.8) is 0 Å². The maximum absolute atomic E-state index is 11.4. The van der Waals surface area contributed by atoms with E-state index in [1.807, 2.05) is 6.92 Å². The van der Waals surface area contributed by atoms with Crippen LogP contribution >= 0.6 is 0 Å². The van der Waals surface area contributed by atoms with Crippen molar-refractivity contribution < 1.29 is 9.52 Å². The normalized spacial score (nSPS) is 13.3. The number of oxazole rings is 1. The number of fused-ring (bicyclic) bond motifs is 1. The Balaban J connectivity index is 2.70. The Morgan fingerprint density at radius 2 is 2.27 bits per heavy atom. The quantitative estimate of drug-likeness (QED) is 0.814. The lowest BCUT2D eigenvalue weighted by molar-refractivity contribution is 0.199. The molecule has 0 aliphatic carbocycles. The standard InChI is InChI=1S/C11H13NO3/c1-3-12-9-5-4-8(7(2)13)6-10(9)15-11(12)14/h4-7,13H,3H2,1-2H3. The minimum absolute atomic E-state index is 0.352. The predicted molar refractivity (Wildman–Crippen MR) is 56.8 cm³/mol. The summed E-state index contributed by atoms with van der Waals surface area (Å²) < 4.78 is 6.63. The summed E-state index contributed by atoms with van der Waals surface area (Å²) >= 11 is 0. The fourth-order valence-corrected chi connectivity index (χ4v) is 1.64. The summed E-state index contributed by atoms with van der Waals surface area (Å²) in [6.07, 6.45) is -0.551. The number of hydrogen-bond donors (Lipinski definition) is 1. The van der Waals surface area contributed by atoms with Gasteiger partial charge in [0.15, 0.2) is 5.58 Å². The third-order valence-electron chi connectivity index (χ3n) is 2.49. The van der Waals surface area contributed by atoms with E-state index >= 15 is 0 Å². The van der Waals surface area contributed by atoms with Crippen molar-refractivity contribution >= 4 is 11.1 Å². The molecule has 0 aliphatic heterocycles. The van der Waals surface area contributed by atoms with Crippen LogP contribution in [0, 0.1) is 0 Å². The fraction of sp³-hybridized carbons (Fsp3) is 0.364. The summed E-state index contributed by atoms with van der Waals surface area (Å²) in [7, 11) is 0. The van der Waals surface area contributed by atoms with E-state index in [1.165, 1.54) is 0 Å². The van der Waals surface area contributed by atoms with Crippen LogP contribution in [0.15, 0.2) is 27.4 Å². The summed E-state index contributed by atoms with van der Waals surface area (Å²) in [5.41, 5.74) is 2.05. The molecule has 0 bridgehead atoms. The first-order valence-electron chi connectivity index (χ1n) is 4.95. The van der Waals surface area contributed by atoms with Gasteiger partial charge in [0.25, 0.3) is 0 Å². The van der Waals surface area contributed by atoms with Crippen LogP contribution in [0.25, 0.3) is 11.1 Å². The smallest absolute Gasteiger partial charge is 0.408 e. The van der Waals surface area contributed by atoms with E-state index < -0.39 is 6.10 Å². The Hall–Kier alpha value is -1.55. The monoisotopic (exact) mass is 207 g/mol. The highest BCUT2D eigenvalue weighted by Gasteiger charge is 2.09. The van der Waals surface area contributed by atoms with Crippen molar-refractivity contribution in [1.29, 1.82) is 0 Å². The van der Waals surface area contributed by atoms with E-state index in [9.17, 15) is 9.90 Å². The largest absolute Gasteiger partial charge is 0.419 e. The molecule has 2 aromatic rings. The van der Waals surface area contributed by atoms with Crippen LogP contribution in [-0.4, -0.2) is 9.67 Å². The van der Waals surface area contributed by atoms with E-state index in [0.717, 1.165) is 11.1 Å². The van der Waals surface area contributed by atoms with Gasteiger partial charge in [-0.2, -0.15) is 0 Å². The van der Waals surface area contributed by atoms with E-state index in [4.69, 9.17) is 4.42 Å². The van der Waals surface area contributed by atoms with Crippen molar-refractivity contribution in [3.05, 3.63) is 34.3 Å². The second kappa shape index (κ2) is 3.55. The molecule has 4 nitrogen and oxygen atoms in total. The molecule has 1 heterocycles. The lowest BCUT2D eigenvalue weighted by Crippen LogP contribution is -2.11. The Labute approximate surface area is 86.8 Å². The van der Waals surface area contributed by atoms with Gasteiger partial charge in [-0.3, -0.25) is 4.57 Å². The molecule has 1 aromatic carbocycles. The lowest BCUT2D eigenvalue weighted by atomic mass is 10.1. The first-order valence-corrected chi connectivity index (χ1v) is 4.95. The molecule has 15 heavy (non-hydrogen) atoms. The van der Waals surface area contributed by atoms with Crippen LogP contribution in [-0.2, 0) is 6.54 Å². The van der Waals surface area contributed by atoms with Crippen molar-refractivity contribution in [3.8, 4) is 0 Å². The summed E-state index contributed by atoms with van der Waals surface area (Å²) in [5, 5.41) is 9.39. The summed E-state index contributed by atoms with van der Waals surface area (Å²) in [5.74, 6) is -0.352. The minimum atomic E-state index is -0.551. The van der Waals surface area contributed by atoms with Crippen LogP contribution in [0.3, 0.4) is 0 Å². The van der Waals surface area contributed by atoms with Gasteiger partial charge in [-0.15, -0.1) is 0 Å². The maximum Gasteiger partial charge on any atom is 0.419 e. The van der Waals surface area contributed by atoms with Gasteiger partial charge in [-0.1, -0.05) is 6.07 Å². The van der Waals surface area contributed by atoms with Gasteiger partial charge in [0.2, 0.25) is 0 Å². The zero-order valence-corrected chi connectivity index (χ0v) is 8.73. The Morgan fingerprint density at radius 1 is 1.53 bits per heavy atom. The molecule has 1 unspecified atom stereocenters. The van der Waals surface area contributed by atoms with E-state index in [1.54, 1.807) is 29.7 Å². The van der Waals surface area contributed by atoms with Crippen molar-refractivity contribution in [2.45, 2.75) is 26.5 Å². The van der Waals surface area contributed by atoms with Crippen molar-refractivity contribution in [2.24, 2.45) is 0 Å². The van der Waals surface area contributed by atoms with Crippen molar-refractivity contribution in [2.75, 3.05) is 0 Å². The molecule has 0 saturated carbocycles. The van der Waals surface area contributed by atoms with E-state index in [0.29, 0.717) is 12.1 Å². The molecule has 80 valence electrons. The fourth-order valence-electron chi connectivity index (χ4n) is 1.64. The SMILES string of the molecule is CCn1c(=O)oc2cc(C(C)O)ccc21. The van der Waals surface area contributed by atoms with Crippen molar-refractivity contribution in [1.82, 2.24) is 4.57 Å². The summed E-state index contributed by atoms with van der Waals surface area (Å²) in [6, 6.07) is 5.30. The van der Waals surface area contributed by atoms with E-state index in [-0.39, 0.29) is 5.76 Å². The lowest BCUT2D eigenvalue weighted by Gasteiger charge is -2.03. The van der Waals surface area contributed by atoms with Gasteiger partial charge in [0.1, 0.15) is 0 Å². The highest BCUT2D eigenvalue weighted by atomic mass is 16.4. The molecule has 4 heteroatoms. The molecule has 1 N–H and O–H groups in total. The molecule has 1 aromatic heterocycles. The van der Waals surface area contributed by atoms with E-state index in [2.05, 4.69) is 0 Å². The molecule has 0 amide bonds. The van der Waals surface area contributed by atoms with Gasteiger partial charge in [-0.25, -0.2) is 4.79 Å². The highest BCUT2D eigenvalue weighted by Crippen LogP contribution is 2.19. The van der Waals surface area contributed by atoms with Gasteiger partial charge in [0.05, 0.1) is 11.6 Å². The molecule has 0 aliphatic rings. The molecular weight excluding hydrogens is 194 g/mol. The number of aliphatic hydroxyl groups is 1. The molecule has 0 radical (unpaired) electrons. The number of aliphatic hydroxyl groups excluding tert-OH is 1. The molecule has 1 atom stereocenters. The molecule has 0 fully saturated rings. The van der Waals surface area contributed by atoms with Crippen LogP contribution in [0.1, 0.15) is 25.5 Å². The first kappa shape index (κ1) is 9.98. The Bertz CT molecular complexity index is 536. The number of aromatic nitrogens is 1. The molecular formula is C11H13NO3. The minimum Gasteiger partial charge on any atom is -0.408 e. The van der Waals surface area contributed by atoms with Gasteiger partial charge >= 0.3 is 5.76 Å².